The molecule has 0 saturated heterocycles. The highest BCUT2D eigenvalue weighted by Crippen LogP contribution is 2.32. The fourth-order valence-corrected chi connectivity index (χ4v) is 4.11. The van der Waals surface area contributed by atoms with Gasteiger partial charge in [0.05, 0.1) is 19.0 Å². The summed E-state index contributed by atoms with van der Waals surface area (Å²) in [5.74, 6) is 1.71. The predicted molar refractivity (Wildman–Crippen MR) is 94.5 cm³/mol. The molecule has 0 fully saturated rings. The molecule has 2 aromatic heterocycles. The zero-order valence-electron chi connectivity index (χ0n) is 12.7. The van der Waals surface area contributed by atoms with Crippen LogP contribution >= 0.6 is 23.1 Å². The molecular formula is C17H14N2O3S2. The number of nitrogens with zero attached hydrogens (tertiary/aromatic N) is 2. The molecule has 0 atom stereocenters. The lowest BCUT2D eigenvalue weighted by molar-refractivity contribution is 0.102. The zero-order valence-corrected chi connectivity index (χ0v) is 14.4. The summed E-state index contributed by atoms with van der Waals surface area (Å²) in [4.78, 5) is 22.0. The van der Waals surface area contributed by atoms with Crippen LogP contribution < -0.4 is 9.47 Å². The summed E-state index contributed by atoms with van der Waals surface area (Å²) >= 11 is 3.00. The number of benzene rings is 1. The number of thiophene rings is 1. The SMILES string of the molecule is O=C(CSc1ncnc2sccc12)c1ccc2c(c1)OCCCO2. The predicted octanol–water partition coefficient (Wildman–Crippen LogP) is 3.83. The Hall–Kier alpha value is -2.12. The van der Waals surface area contributed by atoms with Crippen LogP contribution in [0.1, 0.15) is 16.8 Å². The van der Waals surface area contributed by atoms with E-state index < -0.39 is 0 Å². The minimum absolute atomic E-state index is 0.0395. The summed E-state index contributed by atoms with van der Waals surface area (Å²) in [5, 5.41) is 3.82. The Balaban J connectivity index is 1.50. The quantitative estimate of drug-likeness (QED) is 0.401. The number of rotatable bonds is 4. The van der Waals surface area contributed by atoms with Crippen LogP contribution in [0.4, 0.5) is 0 Å². The van der Waals surface area contributed by atoms with Gasteiger partial charge in [0, 0.05) is 17.4 Å². The summed E-state index contributed by atoms with van der Waals surface area (Å²) in [5.41, 5.74) is 0.627. The van der Waals surface area contributed by atoms with Crippen molar-refractivity contribution in [1.82, 2.24) is 9.97 Å². The summed E-state index contributed by atoms with van der Waals surface area (Å²) in [6.45, 7) is 1.25. The highest BCUT2D eigenvalue weighted by molar-refractivity contribution is 8.00. The normalized spacial score (nSPS) is 13.7. The van der Waals surface area contributed by atoms with Gasteiger partial charge < -0.3 is 9.47 Å². The molecular weight excluding hydrogens is 344 g/mol. The third-order valence-corrected chi connectivity index (χ3v) is 5.46. The largest absolute Gasteiger partial charge is 0.490 e. The van der Waals surface area contributed by atoms with E-state index in [4.69, 9.17) is 9.47 Å². The molecule has 7 heteroatoms. The minimum Gasteiger partial charge on any atom is -0.490 e. The van der Waals surface area contributed by atoms with Crippen molar-refractivity contribution in [2.45, 2.75) is 11.4 Å². The smallest absolute Gasteiger partial charge is 0.173 e. The van der Waals surface area contributed by atoms with Crippen LogP contribution in [-0.4, -0.2) is 34.7 Å². The fraction of sp³-hybridized carbons (Fsp3) is 0.235. The lowest BCUT2D eigenvalue weighted by Gasteiger charge is -2.08. The van der Waals surface area contributed by atoms with Crippen molar-refractivity contribution in [3.63, 3.8) is 0 Å². The van der Waals surface area contributed by atoms with E-state index >= 15 is 0 Å². The van der Waals surface area contributed by atoms with E-state index in [2.05, 4.69) is 9.97 Å². The van der Waals surface area contributed by atoms with E-state index in [1.54, 1.807) is 35.9 Å². The molecule has 1 aromatic carbocycles. The number of fused-ring (bicyclic) bond motifs is 2. The van der Waals surface area contributed by atoms with Crippen molar-refractivity contribution in [2.24, 2.45) is 0 Å². The molecule has 4 rings (SSSR count). The molecule has 1 aliphatic heterocycles. The van der Waals surface area contributed by atoms with Gasteiger partial charge in [-0.05, 0) is 29.6 Å². The van der Waals surface area contributed by atoms with Gasteiger partial charge in [-0.1, -0.05) is 11.8 Å². The van der Waals surface area contributed by atoms with Gasteiger partial charge in [-0.25, -0.2) is 9.97 Å². The molecule has 0 radical (unpaired) electrons. The number of carbonyl (C=O) groups excluding carboxylic acids is 1. The van der Waals surface area contributed by atoms with E-state index in [1.807, 2.05) is 11.4 Å². The van der Waals surface area contributed by atoms with Gasteiger partial charge in [-0.2, -0.15) is 0 Å². The van der Waals surface area contributed by atoms with Crippen molar-refractivity contribution in [1.29, 1.82) is 0 Å². The van der Waals surface area contributed by atoms with Crippen LogP contribution in [0, 0.1) is 0 Å². The van der Waals surface area contributed by atoms with Crippen molar-refractivity contribution >= 4 is 39.1 Å². The number of ketones is 1. The Bertz CT molecular complexity index is 894. The van der Waals surface area contributed by atoms with Gasteiger partial charge in [0.15, 0.2) is 17.3 Å². The molecule has 0 aliphatic carbocycles. The van der Waals surface area contributed by atoms with Gasteiger partial charge in [0.2, 0.25) is 0 Å². The van der Waals surface area contributed by atoms with Gasteiger partial charge in [0.1, 0.15) is 16.2 Å². The topological polar surface area (TPSA) is 61.3 Å². The van der Waals surface area contributed by atoms with Gasteiger partial charge in [0.25, 0.3) is 0 Å². The maximum Gasteiger partial charge on any atom is 0.173 e. The van der Waals surface area contributed by atoms with Crippen LogP contribution in [0.2, 0.25) is 0 Å². The highest BCUT2D eigenvalue weighted by Gasteiger charge is 2.15. The molecule has 0 saturated carbocycles. The summed E-state index contributed by atoms with van der Waals surface area (Å²) in [6.07, 6.45) is 2.39. The maximum absolute atomic E-state index is 12.5. The Morgan fingerprint density at radius 1 is 1.17 bits per heavy atom. The second-order valence-corrected chi connectivity index (χ2v) is 7.10. The minimum atomic E-state index is 0.0395. The average Bonchev–Trinajstić information content (AvgIpc) is 2.97. The van der Waals surface area contributed by atoms with Crippen molar-refractivity contribution in [2.75, 3.05) is 19.0 Å². The molecule has 0 spiro atoms. The molecule has 3 aromatic rings. The standard InChI is InChI=1S/C17H14N2O3S2/c20-13(9-24-17-12-4-7-23-16(12)18-10-19-17)11-2-3-14-15(8-11)22-6-1-5-21-14/h2-4,7-8,10H,1,5-6,9H2. The second kappa shape index (κ2) is 6.78. The average molecular weight is 358 g/mol. The number of hydrogen-bond donors (Lipinski definition) is 0. The first-order valence-electron chi connectivity index (χ1n) is 7.55. The maximum atomic E-state index is 12.5. The van der Waals surface area contributed by atoms with Gasteiger partial charge >= 0.3 is 0 Å². The molecule has 0 unspecified atom stereocenters. The summed E-state index contributed by atoms with van der Waals surface area (Å²) < 4.78 is 11.2. The Morgan fingerprint density at radius 2 is 2.04 bits per heavy atom. The molecule has 0 N–H and O–H groups in total. The fourth-order valence-electron chi connectivity index (χ4n) is 2.44. The number of thioether (sulfide) groups is 1. The summed E-state index contributed by atoms with van der Waals surface area (Å²) in [6, 6.07) is 7.35. The van der Waals surface area contributed by atoms with Crippen molar-refractivity contribution in [3.05, 3.63) is 41.5 Å². The van der Waals surface area contributed by atoms with E-state index in [0.717, 1.165) is 21.7 Å². The van der Waals surface area contributed by atoms with Crippen LogP contribution in [-0.2, 0) is 0 Å². The summed E-state index contributed by atoms with van der Waals surface area (Å²) in [7, 11) is 0. The number of hydrogen-bond acceptors (Lipinski definition) is 7. The molecule has 1 aliphatic rings. The number of aromatic nitrogens is 2. The Kier molecular flexibility index (Phi) is 4.36. The number of carbonyl (C=O) groups is 1. The van der Waals surface area contributed by atoms with E-state index in [-0.39, 0.29) is 5.78 Å². The van der Waals surface area contributed by atoms with Crippen LogP contribution in [0.15, 0.2) is 41.0 Å². The highest BCUT2D eigenvalue weighted by atomic mass is 32.2. The zero-order chi connectivity index (χ0) is 16.4. The van der Waals surface area contributed by atoms with E-state index in [0.29, 0.717) is 36.0 Å². The Labute approximate surface area is 147 Å². The first-order valence-corrected chi connectivity index (χ1v) is 9.41. The second-order valence-electron chi connectivity index (χ2n) is 5.24. The van der Waals surface area contributed by atoms with E-state index in [1.165, 1.54) is 11.8 Å². The monoisotopic (exact) mass is 358 g/mol. The van der Waals surface area contributed by atoms with Gasteiger partial charge in [-0.15, -0.1) is 11.3 Å². The molecule has 3 heterocycles. The van der Waals surface area contributed by atoms with Crippen LogP contribution in [0.3, 0.4) is 0 Å². The van der Waals surface area contributed by atoms with Crippen LogP contribution in [0.25, 0.3) is 10.2 Å². The number of Topliss-reactive ketones (excluding diaryl/α,β-unsaturated/α-hetero) is 1. The number of ether oxygens (including phenoxy) is 2. The van der Waals surface area contributed by atoms with Crippen molar-refractivity contribution < 1.29 is 14.3 Å². The van der Waals surface area contributed by atoms with E-state index in [9.17, 15) is 4.79 Å². The Morgan fingerprint density at radius 3 is 2.96 bits per heavy atom. The van der Waals surface area contributed by atoms with Crippen molar-refractivity contribution in [3.8, 4) is 11.5 Å². The first-order chi connectivity index (χ1) is 11.8. The molecule has 0 amide bonds. The third kappa shape index (κ3) is 3.09. The molecule has 24 heavy (non-hydrogen) atoms. The molecule has 5 nitrogen and oxygen atoms in total. The van der Waals surface area contributed by atoms with Gasteiger partial charge in [-0.3, -0.25) is 4.79 Å². The van der Waals surface area contributed by atoms with Crippen LogP contribution in [0.5, 0.6) is 11.5 Å². The lowest BCUT2D eigenvalue weighted by atomic mass is 10.1. The first kappa shape index (κ1) is 15.4. The molecule has 122 valence electrons. The lowest BCUT2D eigenvalue weighted by Crippen LogP contribution is -2.04. The molecule has 0 bridgehead atoms. The third-order valence-electron chi connectivity index (χ3n) is 3.63.